The average molecular weight is 300 g/mol. The Balaban J connectivity index is 1.99. The van der Waals surface area contributed by atoms with Gasteiger partial charge in [0, 0.05) is 17.6 Å². The van der Waals surface area contributed by atoms with Gasteiger partial charge in [0.15, 0.2) is 0 Å². The van der Waals surface area contributed by atoms with Gasteiger partial charge in [-0.25, -0.2) is 0 Å². The Hall–Kier alpha value is -1.26. The minimum Gasteiger partial charge on any atom is -0.294 e. The molecule has 1 saturated heterocycles. The fourth-order valence-corrected chi connectivity index (χ4v) is 4.24. The van der Waals surface area contributed by atoms with Crippen LogP contribution in [0.3, 0.4) is 0 Å². The van der Waals surface area contributed by atoms with Crippen molar-refractivity contribution in [2.45, 2.75) is 31.7 Å². The molecule has 0 bridgehead atoms. The molecule has 1 fully saturated rings. The van der Waals surface area contributed by atoms with Crippen LogP contribution in [0.25, 0.3) is 10.9 Å². The number of piperidine rings is 1. The van der Waals surface area contributed by atoms with Crippen LogP contribution in [0, 0.1) is 0 Å². The van der Waals surface area contributed by atoms with E-state index in [-0.39, 0.29) is 11.7 Å². The van der Waals surface area contributed by atoms with Crippen LogP contribution in [-0.4, -0.2) is 34.2 Å². The first-order valence-electron chi connectivity index (χ1n) is 7.81. The smallest absolute Gasteiger partial charge is 0.241 e. The number of rotatable bonds is 1. The number of hydrogen-bond donors (Lipinski definition) is 1. The molecular formula is C17H20N2OS. The lowest BCUT2D eigenvalue weighted by Crippen LogP contribution is -2.40. The quantitative estimate of drug-likeness (QED) is 0.818. The highest BCUT2D eigenvalue weighted by atomic mass is 32.1. The third kappa shape index (κ3) is 1.96. The van der Waals surface area contributed by atoms with Gasteiger partial charge in [-0.3, -0.25) is 14.3 Å². The van der Waals surface area contributed by atoms with Crippen LogP contribution in [0.15, 0.2) is 24.3 Å². The molecule has 4 rings (SSSR count). The predicted octanol–water partition coefficient (Wildman–Crippen LogP) is 3.29. The second kappa shape index (κ2) is 5.18. The molecule has 21 heavy (non-hydrogen) atoms. The molecule has 1 atom stereocenters. The van der Waals surface area contributed by atoms with Gasteiger partial charge >= 0.3 is 0 Å². The first kappa shape index (κ1) is 13.4. The molecule has 0 aliphatic carbocycles. The molecule has 1 aromatic carbocycles. The maximum atomic E-state index is 12.5. The van der Waals surface area contributed by atoms with Crippen LogP contribution in [0.1, 0.15) is 41.4 Å². The van der Waals surface area contributed by atoms with E-state index in [1.807, 2.05) is 10.6 Å². The first-order valence-corrected chi connectivity index (χ1v) is 8.45. The maximum absolute atomic E-state index is 12.5. The summed E-state index contributed by atoms with van der Waals surface area (Å²) in [5.74, 6) is 0.362. The molecule has 110 valence electrons. The van der Waals surface area contributed by atoms with E-state index in [9.17, 15) is 4.79 Å². The number of carbonyl (C=O) groups excluding carboxylic acids is 1. The highest BCUT2D eigenvalue weighted by molar-refractivity contribution is 7.81. The van der Waals surface area contributed by atoms with Crippen molar-refractivity contribution < 1.29 is 4.79 Å². The van der Waals surface area contributed by atoms with E-state index in [0.29, 0.717) is 6.04 Å². The lowest BCUT2D eigenvalue weighted by Gasteiger charge is -2.40. The summed E-state index contributed by atoms with van der Waals surface area (Å²) < 4.78 is 1.96. The molecule has 3 heterocycles. The molecule has 0 spiro atoms. The zero-order chi connectivity index (χ0) is 14.4. The van der Waals surface area contributed by atoms with E-state index >= 15 is 0 Å². The van der Waals surface area contributed by atoms with Crippen molar-refractivity contribution in [3.8, 4) is 0 Å². The third-order valence-electron chi connectivity index (χ3n) is 4.98. The molecule has 3 nitrogen and oxygen atoms in total. The number of aromatic nitrogens is 1. The SMILES string of the molecule is O=C(CS)n1c2c(c3ccccc31)CCN1CCCCC21. The number of para-hydroxylation sites is 1. The van der Waals surface area contributed by atoms with Crippen LogP contribution < -0.4 is 0 Å². The van der Waals surface area contributed by atoms with Gasteiger partial charge in [-0.1, -0.05) is 24.6 Å². The van der Waals surface area contributed by atoms with Crippen molar-refractivity contribution in [1.29, 1.82) is 0 Å². The van der Waals surface area contributed by atoms with Crippen molar-refractivity contribution >= 4 is 29.4 Å². The Morgan fingerprint density at radius 1 is 1.24 bits per heavy atom. The molecule has 0 radical (unpaired) electrons. The largest absolute Gasteiger partial charge is 0.294 e. The summed E-state index contributed by atoms with van der Waals surface area (Å²) in [7, 11) is 0. The zero-order valence-electron chi connectivity index (χ0n) is 12.1. The Bertz CT molecular complexity index is 706. The van der Waals surface area contributed by atoms with Gasteiger partial charge in [0.05, 0.1) is 17.3 Å². The number of benzene rings is 1. The van der Waals surface area contributed by atoms with Crippen LogP contribution in [0.5, 0.6) is 0 Å². The summed E-state index contributed by atoms with van der Waals surface area (Å²) in [5, 5.41) is 1.26. The average Bonchev–Trinajstić information content (AvgIpc) is 2.89. The molecule has 1 aromatic heterocycles. The van der Waals surface area contributed by atoms with E-state index in [4.69, 9.17) is 0 Å². The number of nitrogens with zero attached hydrogens (tertiary/aromatic N) is 2. The summed E-state index contributed by atoms with van der Waals surface area (Å²) in [6.45, 7) is 2.29. The first-order chi connectivity index (χ1) is 10.3. The normalized spacial score (nSPS) is 22.0. The van der Waals surface area contributed by atoms with E-state index in [0.717, 1.165) is 18.5 Å². The van der Waals surface area contributed by atoms with E-state index in [1.54, 1.807) is 0 Å². The summed E-state index contributed by atoms with van der Waals surface area (Å²) in [5.41, 5.74) is 3.71. The van der Waals surface area contributed by atoms with Crippen molar-refractivity contribution in [2.75, 3.05) is 18.8 Å². The molecular weight excluding hydrogens is 280 g/mol. The maximum Gasteiger partial charge on any atom is 0.241 e. The number of thiol groups is 1. The van der Waals surface area contributed by atoms with Gasteiger partial charge < -0.3 is 0 Å². The van der Waals surface area contributed by atoms with Crippen LogP contribution in [-0.2, 0) is 6.42 Å². The Morgan fingerprint density at radius 3 is 2.95 bits per heavy atom. The monoisotopic (exact) mass is 300 g/mol. The summed E-state index contributed by atoms with van der Waals surface area (Å²) in [4.78, 5) is 15.1. The second-order valence-electron chi connectivity index (χ2n) is 6.07. The summed E-state index contributed by atoms with van der Waals surface area (Å²) in [6.07, 6.45) is 4.77. The van der Waals surface area contributed by atoms with Crippen molar-refractivity contribution in [3.63, 3.8) is 0 Å². The van der Waals surface area contributed by atoms with E-state index in [1.165, 1.54) is 42.5 Å². The number of fused-ring (bicyclic) bond motifs is 5. The van der Waals surface area contributed by atoms with E-state index < -0.39 is 0 Å². The Kier molecular flexibility index (Phi) is 3.31. The molecule has 0 saturated carbocycles. The lowest BCUT2D eigenvalue weighted by atomic mass is 9.91. The molecule has 0 N–H and O–H groups in total. The molecule has 4 heteroatoms. The van der Waals surface area contributed by atoms with Crippen LogP contribution in [0.4, 0.5) is 0 Å². The standard InChI is InChI=1S/C17H20N2OS/c20-16(11-21)19-14-6-2-1-5-12(14)13-8-10-18-9-4-3-7-15(18)17(13)19/h1-2,5-6,15,21H,3-4,7-11H2. The molecule has 2 aliphatic rings. The van der Waals surface area contributed by atoms with E-state index in [2.05, 4.69) is 35.7 Å². The number of hydrogen-bond acceptors (Lipinski definition) is 3. The molecule has 0 amide bonds. The van der Waals surface area contributed by atoms with Gasteiger partial charge in [0.1, 0.15) is 0 Å². The summed E-state index contributed by atoms with van der Waals surface area (Å²) in [6, 6.07) is 8.75. The lowest BCUT2D eigenvalue weighted by molar-refractivity contribution is 0.0914. The fourth-order valence-electron chi connectivity index (χ4n) is 4.10. The van der Waals surface area contributed by atoms with Gasteiger partial charge in [-0.05, 0) is 37.4 Å². The highest BCUT2D eigenvalue weighted by Crippen LogP contribution is 2.41. The van der Waals surface area contributed by atoms with Gasteiger partial charge in [-0.15, -0.1) is 0 Å². The van der Waals surface area contributed by atoms with Crippen molar-refractivity contribution in [2.24, 2.45) is 0 Å². The predicted molar refractivity (Wildman–Crippen MR) is 88.3 cm³/mol. The van der Waals surface area contributed by atoms with Crippen LogP contribution >= 0.6 is 12.6 Å². The van der Waals surface area contributed by atoms with Crippen molar-refractivity contribution in [3.05, 3.63) is 35.5 Å². The minimum atomic E-state index is 0.100. The Morgan fingerprint density at radius 2 is 2.10 bits per heavy atom. The third-order valence-corrected chi connectivity index (χ3v) is 5.25. The molecule has 2 aromatic rings. The zero-order valence-corrected chi connectivity index (χ0v) is 13.0. The number of carbonyl (C=O) groups is 1. The molecule has 2 aliphatic heterocycles. The minimum absolute atomic E-state index is 0.100. The van der Waals surface area contributed by atoms with Gasteiger partial charge in [0.2, 0.25) is 5.91 Å². The van der Waals surface area contributed by atoms with Gasteiger partial charge in [-0.2, -0.15) is 12.6 Å². The second-order valence-corrected chi connectivity index (χ2v) is 6.38. The Labute approximate surface area is 130 Å². The fraction of sp³-hybridized carbons (Fsp3) is 0.471. The van der Waals surface area contributed by atoms with Gasteiger partial charge in [0.25, 0.3) is 0 Å². The molecule has 1 unspecified atom stereocenters. The van der Waals surface area contributed by atoms with Crippen LogP contribution in [0.2, 0.25) is 0 Å². The highest BCUT2D eigenvalue weighted by Gasteiger charge is 2.35. The van der Waals surface area contributed by atoms with Crippen molar-refractivity contribution in [1.82, 2.24) is 9.47 Å². The summed E-state index contributed by atoms with van der Waals surface area (Å²) >= 11 is 4.23. The topological polar surface area (TPSA) is 25.2 Å².